The predicted molar refractivity (Wildman–Crippen MR) is 70.8 cm³/mol. The Morgan fingerprint density at radius 3 is 2.50 bits per heavy atom. The molecule has 0 unspecified atom stereocenters. The van der Waals surface area contributed by atoms with E-state index in [1.807, 2.05) is 24.3 Å². The van der Waals surface area contributed by atoms with Crippen molar-refractivity contribution in [1.82, 2.24) is 9.97 Å². The molecule has 1 aromatic heterocycles. The number of carbonyl (C=O) groups is 1. The molecule has 0 atom stereocenters. The smallest absolute Gasteiger partial charge is 0.356 e. The van der Waals surface area contributed by atoms with E-state index in [0.29, 0.717) is 5.69 Å². The molecule has 0 saturated carbocycles. The van der Waals surface area contributed by atoms with Crippen molar-refractivity contribution in [3.8, 4) is 11.3 Å². The maximum Gasteiger partial charge on any atom is 0.356 e. The summed E-state index contributed by atoms with van der Waals surface area (Å²) in [5, 5.41) is 9.06. The molecule has 0 aliphatic rings. The van der Waals surface area contributed by atoms with Gasteiger partial charge in [0.1, 0.15) is 5.69 Å². The quantitative estimate of drug-likeness (QED) is 0.856. The second-order valence-corrected chi connectivity index (χ2v) is 4.85. The number of hydrogen-bond donors (Lipinski definition) is 1. The summed E-state index contributed by atoms with van der Waals surface area (Å²) in [6.07, 6.45) is 2.88. The second-order valence-electron chi connectivity index (χ2n) is 3.52. The first-order chi connectivity index (χ1) is 8.72. The average molecular weight is 260 g/mol. The van der Waals surface area contributed by atoms with Crippen LogP contribution in [0.25, 0.3) is 11.3 Å². The standard InChI is InChI=1S/C13H12N2O2S/c1-2-18-10-5-3-9(4-6-10)11-12(13(16)17)15-8-7-14-11/h3-8H,2H2,1H3,(H,16,17). The molecule has 0 aliphatic carbocycles. The fraction of sp³-hybridized carbons (Fsp3) is 0.154. The van der Waals surface area contributed by atoms with Crippen molar-refractivity contribution in [1.29, 1.82) is 0 Å². The molecular formula is C13H12N2O2S. The Morgan fingerprint density at radius 1 is 1.22 bits per heavy atom. The molecule has 18 heavy (non-hydrogen) atoms. The fourth-order valence-corrected chi connectivity index (χ4v) is 2.24. The van der Waals surface area contributed by atoms with Gasteiger partial charge in [-0.1, -0.05) is 19.1 Å². The highest BCUT2D eigenvalue weighted by Crippen LogP contribution is 2.24. The molecule has 0 radical (unpaired) electrons. The Bertz CT molecular complexity index is 555. The van der Waals surface area contributed by atoms with Gasteiger partial charge in [-0.05, 0) is 17.9 Å². The highest BCUT2D eigenvalue weighted by Gasteiger charge is 2.13. The van der Waals surface area contributed by atoms with Crippen LogP contribution in [0.1, 0.15) is 17.4 Å². The van der Waals surface area contributed by atoms with Crippen LogP contribution in [0, 0.1) is 0 Å². The third-order valence-corrected chi connectivity index (χ3v) is 3.23. The number of aromatic nitrogens is 2. The van der Waals surface area contributed by atoms with Gasteiger partial charge in [0.05, 0.1) is 0 Å². The zero-order chi connectivity index (χ0) is 13.0. The van der Waals surface area contributed by atoms with E-state index in [1.54, 1.807) is 11.8 Å². The van der Waals surface area contributed by atoms with Crippen molar-refractivity contribution in [3.05, 3.63) is 42.4 Å². The van der Waals surface area contributed by atoms with Crippen LogP contribution in [0.5, 0.6) is 0 Å². The minimum atomic E-state index is -1.06. The van der Waals surface area contributed by atoms with Gasteiger partial charge in [0, 0.05) is 22.9 Å². The molecule has 0 bridgehead atoms. The van der Waals surface area contributed by atoms with Crippen molar-refractivity contribution in [3.63, 3.8) is 0 Å². The normalized spacial score (nSPS) is 10.3. The molecule has 0 aliphatic heterocycles. The van der Waals surface area contributed by atoms with Gasteiger partial charge >= 0.3 is 5.97 Å². The zero-order valence-electron chi connectivity index (χ0n) is 9.83. The largest absolute Gasteiger partial charge is 0.476 e. The van der Waals surface area contributed by atoms with E-state index in [2.05, 4.69) is 16.9 Å². The zero-order valence-corrected chi connectivity index (χ0v) is 10.6. The highest BCUT2D eigenvalue weighted by atomic mass is 32.2. The van der Waals surface area contributed by atoms with Crippen molar-refractivity contribution in [2.24, 2.45) is 0 Å². The lowest BCUT2D eigenvalue weighted by Gasteiger charge is -2.05. The Labute approximate surface area is 109 Å². The van der Waals surface area contributed by atoms with Crippen LogP contribution >= 0.6 is 11.8 Å². The topological polar surface area (TPSA) is 63.1 Å². The lowest BCUT2D eigenvalue weighted by atomic mass is 10.1. The fourth-order valence-electron chi connectivity index (χ4n) is 1.58. The van der Waals surface area contributed by atoms with Crippen molar-refractivity contribution < 1.29 is 9.90 Å². The molecule has 4 nitrogen and oxygen atoms in total. The Balaban J connectivity index is 2.39. The predicted octanol–water partition coefficient (Wildman–Crippen LogP) is 2.95. The Morgan fingerprint density at radius 2 is 1.89 bits per heavy atom. The van der Waals surface area contributed by atoms with Gasteiger partial charge in [0.15, 0.2) is 5.69 Å². The Kier molecular flexibility index (Phi) is 3.94. The van der Waals surface area contributed by atoms with Gasteiger partial charge in [0.25, 0.3) is 0 Å². The summed E-state index contributed by atoms with van der Waals surface area (Å²) in [4.78, 5) is 20.2. The van der Waals surface area contributed by atoms with E-state index in [1.165, 1.54) is 12.4 Å². The molecule has 5 heteroatoms. The summed E-state index contributed by atoms with van der Waals surface area (Å²) in [5.41, 5.74) is 1.15. The monoisotopic (exact) mass is 260 g/mol. The number of hydrogen-bond acceptors (Lipinski definition) is 4. The van der Waals surface area contributed by atoms with Crippen LogP contribution in [0.15, 0.2) is 41.6 Å². The van der Waals surface area contributed by atoms with Crippen molar-refractivity contribution >= 4 is 17.7 Å². The summed E-state index contributed by atoms with van der Waals surface area (Å²) in [6.45, 7) is 2.09. The van der Waals surface area contributed by atoms with Crippen LogP contribution in [-0.2, 0) is 0 Å². The van der Waals surface area contributed by atoms with E-state index in [4.69, 9.17) is 5.11 Å². The van der Waals surface area contributed by atoms with E-state index < -0.39 is 5.97 Å². The maximum atomic E-state index is 11.1. The van der Waals surface area contributed by atoms with Crippen molar-refractivity contribution in [2.45, 2.75) is 11.8 Å². The van der Waals surface area contributed by atoms with Gasteiger partial charge in [-0.3, -0.25) is 4.98 Å². The SMILES string of the molecule is CCSc1ccc(-c2nccnc2C(=O)O)cc1. The van der Waals surface area contributed by atoms with Crippen LogP contribution in [0.2, 0.25) is 0 Å². The minimum Gasteiger partial charge on any atom is -0.476 e. The van der Waals surface area contributed by atoms with Crippen LogP contribution in [0.3, 0.4) is 0 Å². The summed E-state index contributed by atoms with van der Waals surface area (Å²) in [7, 11) is 0. The third kappa shape index (κ3) is 2.68. The van der Waals surface area contributed by atoms with E-state index in [-0.39, 0.29) is 5.69 Å². The number of carboxylic acids is 1. The summed E-state index contributed by atoms with van der Waals surface area (Å²) < 4.78 is 0. The Hall–Kier alpha value is -1.88. The van der Waals surface area contributed by atoms with Gasteiger partial charge < -0.3 is 5.11 Å². The minimum absolute atomic E-state index is 0.0200. The average Bonchev–Trinajstić information content (AvgIpc) is 2.40. The molecule has 2 aromatic rings. The molecule has 1 aromatic carbocycles. The number of nitrogens with zero attached hydrogens (tertiary/aromatic N) is 2. The maximum absolute atomic E-state index is 11.1. The summed E-state index contributed by atoms with van der Waals surface area (Å²) in [5.74, 6) is -0.0599. The number of benzene rings is 1. The van der Waals surface area contributed by atoms with Crippen LogP contribution < -0.4 is 0 Å². The first-order valence-electron chi connectivity index (χ1n) is 5.50. The molecule has 1 N–H and O–H groups in total. The van der Waals surface area contributed by atoms with Crippen LogP contribution in [-0.4, -0.2) is 26.8 Å². The first-order valence-corrected chi connectivity index (χ1v) is 6.48. The van der Waals surface area contributed by atoms with Gasteiger partial charge in [-0.15, -0.1) is 11.8 Å². The molecule has 2 rings (SSSR count). The lowest BCUT2D eigenvalue weighted by molar-refractivity contribution is 0.0691. The number of rotatable bonds is 4. The molecule has 0 spiro atoms. The van der Waals surface area contributed by atoms with Gasteiger partial charge in [0.2, 0.25) is 0 Å². The molecule has 1 heterocycles. The molecule has 92 valence electrons. The molecule has 0 saturated heterocycles. The number of carboxylic acid groups (broad SMARTS) is 1. The van der Waals surface area contributed by atoms with Gasteiger partial charge in [-0.25, -0.2) is 9.78 Å². The van der Waals surface area contributed by atoms with Crippen molar-refractivity contribution in [2.75, 3.05) is 5.75 Å². The first kappa shape index (κ1) is 12.6. The highest BCUT2D eigenvalue weighted by molar-refractivity contribution is 7.99. The van der Waals surface area contributed by atoms with E-state index in [9.17, 15) is 4.79 Å². The van der Waals surface area contributed by atoms with Crippen LogP contribution in [0.4, 0.5) is 0 Å². The number of aromatic carboxylic acids is 1. The van der Waals surface area contributed by atoms with E-state index in [0.717, 1.165) is 16.2 Å². The number of thioether (sulfide) groups is 1. The molecular weight excluding hydrogens is 248 g/mol. The molecule has 0 fully saturated rings. The molecule has 0 amide bonds. The third-order valence-electron chi connectivity index (χ3n) is 2.34. The van der Waals surface area contributed by atoms with E-state index >= 15 is 0 Å². The second kappa shape index (κ2) is 5.64. The summed E-state index contributed by atoms with van der Waals surface area (Å²) >= 11 is 1.74. The lowest BCUT2D eigenvalue weighted by Crippen LogP contribution is -2.04. The summed E-state index contributed by atoms with van der Waals surface area (Å²) in [6, 6.07) is 7.66. The van der Waals surface area contributed by atoms with Gasteiger partial charge in [-0.2, -0.15) is 0 Å².